The molecule has 0 bridgehead atoms. The monoisotopic (exact) mass is 286 g/mol. The first-order chi connectivity index (χ1) is 8.78. The van der Waals surface area contributed by atoms with Crippen molar-refractivity contribution in [2.45, 2.75) is 19.4 Å². The van der Waals surface area contributed by atoms with Crippen LogP contribution in [0.3, 0.4) is 0 Å². The smallest absolute Gasteiger partial charge is 0.253 e. The molecule has 0 aliphatic carbocycles. The molecule has 0 radical (unpaired) electrons. The lowest BCUT2D eigenvalue weighted by Crippen LogP contribution is -1.95. The van der Waals surface area contributed by atoms with Gasteiger partial charge in [-0.15, -0.1) is 21.8 Å². The number of aromatic nitrogens is 2. The normalized spacial score (nSPS) is 10.6. The summed E-state index contributed by atoms with van der Waals surface area (Å²) in [5.74, 6) is 2.33. The second-order valence-corrected chi connectivity index (χ2v) is 4.44. The first kappa shape index (κ1) is 13.2. The maximum Gasteiger partial charge on any atom is 0.253 e. The predicted octanol–water partition coefficient (Wildman–Crippen LogP) is 3.47. The SMILES string of the molecule is ClCCCc1nnc(COc2ccc(Cl)cc2)o1. The molecule has 0 saturated heterocycles. The summed E-state index contributed by atoms with van der Waals surface area (Å²) < 4.78 is 10.9. The van der Waals surface area contributed by atoms with Gasteiger partial charge in [-0.05, 0) is 30.7 Å². The van der Waals surface area contributed by atoms with Crippen molar-refractivity contribution in [2.75, 3.05) is 5.88 Å². The van der Waals surface area contributed by atoms with Crippen LogP contribution in [0.25, 0.3) is 0 Å². The largest absolute Gasteiger partial charge is 0.484 e. The Balaban J connectivity index is 1.86. The number of nitrogens with zero attached hydrogens (tertiary/aromatic N) is 2. The highest BCUT2D eigenvalue weighted by Gasteiger charge is 2.06. The third-order valence-electron chi connectivity index (χ3n) is 2.21. The van der Waals surface area contributed by atoms with Gasteiger partial charge in [0.25, 0.3) is 5.89 Å². The van der Waals surface area contributed by atoms with Gasteiger partial charge in [0.05, 0.1) is 0 Å². The lowest BCUT2D eigenvalue weighted by atomic mass is 10.3. The molecule has 2 aromatic rings. The third-order valence-corrected chi connectivity index (χ3v) is 2.73. The van der Waals surface area contributed by atoms with Gasteiger partial charge in [0.15, 0.2) is 6.61 Å². The summed E-state index contributed by atoms with van der Waals surface area (Å²) in [5.41, 5.74) is 0. The van der Waals surface area contributed by atoms with Crippen molar-refractivity contribution in [3.8, 4) is 5.75 Å². The summed E-state index contributed by atoms with van der Waals surface area (Å²) in [4.78, 5) is 0. The number of benzene rings is 1. The Labute approximate surface area is 115 Å². The van der Waals surface area contributed by atoms with Crippen molar-refractivity contribution in [3.05, 3.63) is 41.1 Å². The van der Waals surface area contributed by atoms with Gasteiger partial charge in [0.2, 0.25) is 5.89 Å². The molecule has 0 saturated carbocycles. The van der Waals surface area contributed by atoms with Gasteiger partial charge in [-0.25, -0.2) is 0 Å². The average Bonchev–Trinajstić information content (AvgIpc) is 2.84. The predicted molar refractivity (Wildman–Crippen MR) is 69.1 cm³/mol. The van der Waals surface area contributed by atoms with Crippen LogP contribution >= 0.6 is 23.2 Å². The lowest BCUT2D eigenvalue weighted by Gasteiger charge is -2.02. The molecule has 18 heavy (non-hydrogen) atoms. The number of alkyl halides is 1. The van der Waals surface area contributed by atoms with Crippen molar-refractivity contribution in [1.29, 1.82) is 0 Å². The molecule has 0 N–H and O–H groups in total. The highest BCUT2D eigenvalue weighted by Crippen LogP contribution is 2.16. The van der Waals surface area contributed by atoms with E-state index in [2.05, 4.69) is 10.2 Å². The highest BCUT2D eigenvalue weighted by molar-refractivity contribution is 6.30. The van der Waals surface area contributed by atoms with E-state index in [-0.39, 0.29) is 6.61 Å². The van der Waals surface area contributed by atoms with E-state index < -0.39 is 0 Å². The number of rotatable bonds is 6. The first-order valence-electron chi connectivity index (χ1n) is 5.53. The number of halogens is 2. The van der Waals surface area contributed by atoms with E-state index in [1.807, 2.05) is 0 Å². The van der Waals surface area contributed by atoms with Gasteiger partial charge in [0, 0.05) is 17.3 Å². The van der Waals surface area contributed by atoms with Crippen LogP contribution in [0.1, 0.15) is 18.2 Å². The quantitative estimate of drug-likeness (QED) is 0.763. The zero-order valence-electron chi connectivity index (χ0n) is 9.60. The Morgan fingerprint density at radius 1 is 1.11 bits per heavy atom. The molecule has 0 aliphatic heterocycles. The molecule has 1 aromatic carbocycles. The van der Waals surface area contributed by atoms with Crippen LogP contribution < -0.4 is 4.74 Å². The maximum atomic E-state index is 5.77. The molecule has 96 valence electrons. The van der Waals surface area contributed by atoms with Crippen LogP contribution in [0.5, 0.6) is 5.75 Å². The highest BCUT2D eigenvalue weighted by atomic mass is 35.5. The second-order valence-electron chi connectivity index (χ2n) is 3.62. The minimum absolute atomic E-state index is 0.246. The fourth-order valence-electron chi connectivity index (χ4n) is 1.34. The van der Waals surface area contributed by atoms with Crippen molar-refractivity contribution in [3.63, 3.8) is 0 Å². The maximum absolute atomic E-state index is 5.77. The number of ether oxygens (including phenoxy) is 1. The summed E-state index contributed by atoms with van der Waals surface area (Å²) in [7, 11) is 0. The van der Waals surface area contributed by atoms with Crippen molar-refractivity contribution in [1.82, 2.24) is 10.2 Å². The van der Waals surface area contributed by atoms with Gasteiger partial charge in [-0.1, -0.05) is 11.6 Å². The Morgan fingerprint density at radius 3 is 2.56 bits per heavy atom. The van der Waals surface area contributed by atoms with Crippen LogP contribution in [-0.4, -0.2) is 16.1 Å². The summed E-state index contributed by atoms with van der Waals surface area (Å²) in [6.45, 7) is 0.246. The lowest BCUT2D eigenvalue weighted by molar-refractivity contribution is 0.259. The van der Waals surface area contributed by atoms with Gasteiger partial charge >= 0.3 is 0 Å². The molecule has 2 rings (SSSR count). The van der Waals surface area contributed by atoms with E-state index in [0.29, 0.717) is 34.9 Å². The fourth-order valence-corrected chi connectivity index (χ4v) is 1.60. The summed E-state index contributed by atoms with van der Waals surface area (Å²) >= 11 is 11.4. The molecule has 4 nitrogen and oxygen atoms in total. The summed E-state index contributed by atoms with van der Waals surface area (Å²) in [5, 5.41) is 8.46. The molecule has 1 aromatic heterocycles. The van der Waals surface area contributed by atoms with Crippen molar-refractivity contribution < 1.29 is 9.15 Å². The molecule has 6 heteroatoms. The minimum Gasteiger partial charge on any atom is -0.484 e. The van der Waals surface area contributed by atoms with E-state index in [9.17, 15) is 0 Å². The van der Waals surface area contributed by atoms with Crippen LogP contribution in [-0.2, 0) is 13.0 Å². The fraction of sp³-hybridized carbons (Fsp3) is 0.333. The number of aryl methyl sites for hydroxylation is 1. The zero-order valence-corrected chi connectivity index (χ0v) is 11.1. The number of hydrogen-bond acceptors (Lipinski definition) is 4. The number of hydrogen-bond donors (Lipinski definition) is 0. The molecule has 0 atom stereocenters. The van der Waals surface area contributed by atoms with Crippen LogP contribution in [0, 0.1) is 0 Å². The summed E-state index contributed by atoms with van der Waals surface area (Å²) in [6.07, 6.45) is 1.51. The molecule has 0 fully saturated rings. The van der Waals surface area contributed by atoms with E-state index >= 15 is 0 Å². The van der Waals surface area contributed by atoms with Crippen molar-refractivity contribution >= 4 is 23.2 Å². The van der Waals surface area contributed by atoms with Crippen molar-refractivity contribution in [2.24, 2.45) is 0 Å². The van der Waals surface area contributed by atoms with Crippen LogP contribution in [0.15, 0.2) is 28.7 Å². The van der Waals surface area contributed by atoms with E-state index in [4.69, 9.17) is 32.4 Å². The van der Waals surface area contributed by atoms with Gasteiger partial charge < -0.3 is 9.15 Å². The standard InChI is InChI=1S/C12H12Cl2N2O2/c13-7-1-2-11-15-16-12(18-11)8-17-10-5-3-9(14)4-6-10/h3-6H,1-2,7-8H2. The third kappa shape index (κ3) is 3.89. The Morgan fingerprint density at radius 2 is 1.83 bits per heavy atom. The molecule has 0 aliphatic rings. The molecule has 1 heterocycles. The van der Waals surface area contributed by atoms with Gasteiger partial charge in [-0.2, -0.15) is 0 Å². The first-order valence-corrected chi connectivity index (χ1v) is 6.45. The molecular weight excluding hydrogens is 275 g/mol. The molecular formula is C12H12Cl2N2O2. The topological polar surface area (TPSA) is 48.2 Å². The Kier molecular flexibility index (Phi) is 4.84. The van der Waals surface area contributed by atoms with Crippen LogP contribution in [0.4, 0.5) is 0 Å². The molecule has 0 amide bonds. The van der Waals surface area contributed by atoms with Crippen LogP contribution in [0.2, 0.25) is 5.02 Å². The van der Waals surface area contributed by atoms with Gasteiger partial charge in [-0.3, -0.25) is 0 Å². The Bertz CT molecular complexity index is 485. The molecule has 0 spiro atoms. The average molecular weight is 287 g/mol. The van der Waals surface area contributed by atoms with E-state index in [1.165, 1.54) is 0 Å². The van der Waals surface area contributed by atoms with Gasteiger partial charge in [0.1, 0.15) is 5.75 Å². The van der Waals surface area contributed by atoms with E-state index in [0.717, 1.165) is 6.42 Å². The minimum atomic E-state index is 0.246. The molecule has 0 unspecified atom stereocenters. The van der Waals surface area contributed by atoms with E-state index in [1.54, 1.807) is 24.3 Å². The zero-order chi connectivity index (χ0) is 12.8. The second kappa shape index (κ2) is 6.61. The summed E-state index contributed by atoms with van der Waals surface area (Å²) in [6, 6.07) is 7.09. The Hall–Kier alpha value is -1.26.